The number of hydrogen-bond donors (Lipinski definition) is 0. The van der Waals surface area contributed by atoms with Gasteiger partial charge in [-0.15, -0.1) is 10.2 Å². The van der Waals surface area contributed by atoms with Gasteiger partial charge in [0.15, 0.2) is 11.0 Å². The highest BCUT2D eigenvalue weighted by atomic mass is 32.2. The van der Waals surface area contributed by atoms with E-state index in [1.54, 1.807) is 29.8 Å². The summed E-state index contributed by atoms with van der Waals surface area (Å²) >= 11 is 1.30. The molecule has 2 heterocycles. The highest BCUT2D eigenvalue weighted by Crippen LogP contribution is 2.32. The normalized spacial score (nSPS) is 21.6. The zero-order valence-electron chi connectivity index (χ0n) is 11.6. The number of carbonyl (C=O) groups excluding carboxylic acids is 1. The van der Waals surface area contributed by atoms with Crippen LogP contribution in [0.4, 0.5) is 4.39 Å². The third kappa shape index (κ3) is 2.65. The summed E-state index contributed by atoms with van der Waals surface area (Å²) < 4.78 is 20.6. The van der Waals surface area contributed by atoms with E-state index < -0.39 is 0 Å². The van der Waals surface area contributed by atoms with Crippen molar-refractivity contribution in [2.24, 2.45) is 7.05 Å². The predicted octanol–water partition coefficient (Wildman–Crippen LogP) is 2.42. The number of benzene rings is 1. The van der Waals surface area contributed by atoms with Crippen molar-refractivity contribution in [3.63, 3.8) is 0 Å². The Kier molecular flexibility index (Phi) is 3.67. The van der Waals surface area contributed by atoms with Crippen molar-refractivity contribution in [2.45, 2.75) is 29.9 Å². The molecule has 5 nitrogen and oxygen atoms in total. The van der Waals surface area contributed by atoms with Gasteiger partial charge in [0.2, 0.25) is 0 Å². The molecular formula is C14H14FN3O2S. The van der Waals surface area contributed by atoms with E-state index in [4.69, 9.17) is 4.74 Å². The van der Waals surface area contributed by atoms with Crippen molar-refractivity contribution in [2.75, 3.05) is 0 Å². The van der Waals surface area contributed by atoms with Gasteiger partial charge in [0.05, 0.1) is 5.56 Å². The maximum atomic E-state index is 13.8. The highest BCUT2D eigenvalue weighted by Gasteiger charge is 2.34. The average molecular weight is 307 g/mol. The second kappa shape index (κ2) is 5.48. The number of esters is 1. The quantitative estimate of drug-likeness (QED) is 0.815. The van der Waals surface area contributed by atoms with E-state index in [9.17, 15) is 9.18 Å². The number of cyclic esters (lactones) is 1. The number of halogens is 1. The largest absolute Gasteiger partial charge is 0.462 e. The van der Waals surface area contributed by atoms with Gasteiger partial charge in [-0.2, -0.15) is 0 Å². The summed E-state index contributed by atoms with van der Waals surface area (Å²) in [5.41, 5.74) is 0.390. The van der Waals surface area contributed by atoms with E-state index in [1.807, 2.05) is 6.92 Å². The van der Waals surface area contributed by atoms with Crippen molar-refractivity contribution in [3.05, 3.63) is 30.1 Å². The van der Waals surface area contributed by atoms with E-state index >= 15 is 0 Å². The van der Waals surface area contributed by atoms with Gasteiger partial charge >= 0.3 is 5.97 Å². The van der Waals surface area contributed by atoms with Crippen LogP contribution >= 0.6 is 11.8 Å². The number of rotatable bonds is 3. The zero-order chi connectivity index (χ0) is 15.0. The Morgan fingerprint density at radius 1 is 1.38 bits per heavy atom. The van der Waals surface area contributed by atoms with Crippen LogP contribution in [0.3, 0.4) is 0 Å². The van der Waals surface area contributed by atoms with Gasteiger partial charge in [-0.3, -0.25) is 4.79 Å². The summed E-state index contributed by atoms with van der Waals surface area (Å²) in [7, 11) is 1.76. The van der Waals surface area contributed by atoms with Gasteiger partial charge < -0.3 is 9.30 Å². The molecule has 0 amide bonds. The molecule has 1 aliphatic rings. The fourth-order valence-corrected chi connectivity index (χ4v) is 3.34. The summed E-state index contributed by atoms with van der Waals surface area (Å²) in [5.74, 6) is -0.142. The minimum Gasteiger partial charge on any atom is -0.462 e. The molecule has 21 heavy (non-hydrogen) atoms. The number of hydrogen-bond acceptors (Lipinski definition) is 5. The summed E-state index contributed by atoms with van der Waals surface area (Å²) in [6.45, 7) is 1.86. The van der Waals surface area contributed by atoms with Crippen molar-refractivity contribution < 1.29 is 13.9 Å². The first-order chi connectivity index (χ1) is 10.1. The highest BCUT2D eigenvalue weighted by molar-refractivity contribution is 8.00. The van der Waals surface area contributed by atoms with Crippen LogP contribution in [0, 0.1) is 5.82 Å². The lowest BCUT2D eigenvalue weighted by atomic mass is 10.2. The number of aromatic nitrogens is 3. The molecule has 2 atom stereocenters. The lowest BCUT2D eigenvalue weighted by molar-refractivity contribution is -0.140. The topological polar surface area (TPSA) is 57.0 Å². The molecule has 0 spiro atoms. The molecule has 7 heteroatoms. The van der Waals surface area contributed by atoms with Crippen LogP contribution in [0.5, 0.6) is 0 Å². The van der Waals surface area contributed by atoms with Crippen LogP contribution in [0.2, 0.25) is 0 Å². The molecule has 110 valence electrons. The van der Waals surface area contributed by atoms with Crippen molar-refractivity contribution in [1.29, 1.82) is 0 Å². The maximum Gasteiger partial charge on any atom is 0.319 e. The Morgan fingerprint density at radius 3 is 2.81 bits per heavy atom. The molecule has 3 rings (SSSR count). The Bertz CT molecular complexity index is 689. The number of nitrogens with zero attached hydrogens (tertiary/aromatic N) is 3. The van der Waals surface area contributed by atoms with Gasteiger partial charge in [-0.1, -0.05) is 23.9 Å². The predicted molar refractivity (Wildman–Crippen MR) is 76.2 cm³/mol. The van der Waals surface area contributed by atoms with E-state index in [0.29, 0.717) is 23.0 Å². The van der Waals surface area contributed by atoms with Gasteiger partial charge in [0.25, 0.3) is 0 Å². The first-order valence-corrected chi connectivity index (χ1v) is 7.45. The third-order valence-electron chi connectivity index (χ3n) is 3.32. The average Bonchev–Trinajstić information content (AvgIpc) is 2.95. The van der Waals surface area contributed by atoms with Crippen molar-refractivity contribution in [1.82, 2.24) is 14.8 Å². The number of carbonyl (C=O) groups is 1. The molecule has 0 N–H and O–H groups in total. The first kappa shape index (κ1) is 14.1. The van der Waals surface area contributed by atoms with Gasteiger partial charge in [-0.25, -0.2) is 4.39 Å². The van der Waals surface area contributed by atoms with Crippen molar-refractivity contribution >= 4 is 17.7 Å². The van der Waals surface area contributed by atoms with Gasteiger partial charge in [0, 0.05) is 13.5 Å². The summed E-state index contributed by atoms with van der Waals surface area (Å²) in [6.07, 6.45) is 0.569. The van der Waals surface area contributed by atoms with E-state index in [0.717, 1.165) is 0 Å². The summed E-state index contributed by atoms with van der Waals surface area (Å²) in [4.78, 5) is 11.7. The first-order valence-electron chi connectivity index (χ1n) is 6.57. The Balaban J connectivity index is 1.87. The molecule has 1 saturated heterocycles. The fraction of sp³-hybridized carbons (Fsp3) is 0.357. The Morgan fingerprint density at radius 2 is 2.14 bits per heavy atom. The van der Waals surface area contributed by atoms with E-state index in [-0.39, 0.29) is 23.1 Å². The Labute approximate surface area is 125 Å². The summed E-state index contributed by atoms with van der Waals surface area (Å²) in [6, 6.07) is 6.41. The molecule has 2 unspecified atom stereocenters. The maximum absolute atomic E-state index is 13.8. The second-order valence-electron chi connectivity index (χ2n) is 4.93. The van der Waals surface area contributed by atoms with Crippen LogP contribution < -0.4 is 0 Å². The van der Waals surface area contributed by atoms with Crippen LogP contribution in [-0.2, 0) is 16.6 Å². The monoisotopic (exact) mass is 307 g/mol. The van der Waals surface area contributed by atoms with Gasteiger partial charge in [0.1, 0.15) is 17.2 Å². The van der Waals surface area contributed by atoms with Crippen LogP contribution in [-0.4, -0.2) is 32.1 Å². The van der Waals surface area contributed by atoms with Gasteiger partial charge in [-0.05, 0) is 19.1 Å². The second-order valence-corrected chi connectivity index (χ2v) is 6.10. The standard InChI is InChI=1S/C14H14FN3O2S/c1-8-7-11(13(19)20-8)21-14-17-16-12(18(14)2)9-5-3-4-6-10(9)15/h3-6,8,11H,7H2,1-2H3. The van der Waals surface area contributed by atoms with Crippen LogP contribution in [0.25, 0.3) is 11.4 Å². The fourth-order valence-electron chi connectivity index (χ4n) is 2.24. The SMILES string of the molecule is CC1CC(Sc2nnc(-c3ccccc3F)n2C)C(=O)O1. The molecule has 0 bridgehead atoms. The zero-order valence-corrected chi connectivity index (χ0v) is 12.4. The summed E-state index contributed by atoms with van der Waals surface area (Å²) in [5, 5.41) is 8.38. The molecule has 1 aromatic carbocycles. The molecule has 2 aromatic rings. The molecule has 0 saturated carbocycles. The molecule has 1 aromatic heterocycles. The van der Waals surface area contributed by atoms with E-state index in [1.165, 1.54) is 17.8 Å². The Hall–Kier alpha value is -1.89. The third-order valence-corrected chi connectivity index (χ3v) is 4.56. The minimum atomic E-state index is -0.349. The minimum absolute atomic E-state index is 0.0748. The number of thioether (sulfide) groups is 1. The number of ether oxygens (including phenoxy) is 1. The molecule has 0 radical (unpaired) electrons. The smallest absolute Gasteiger partial charge is 0.319 e. The molecular weight excluding hydrogens is 293 g/mol. The lowest BCUT2D eigenvalue weighted by Gasteiger charge is -2.06. The van der Waals surface area contributed by atoms with Crippen LogP contribution in [0.1, 0.15) is 13.3 Å². The van der Waals surface area contributed by atoms with Crippen LogP contribution in [0.15, 0.2) is 29.4 Å². The van der Waals surface area contributed by atoms with Crippen molar-refractivity contribution in [3.8, 4) is 11.4 Å². The van der Waals surface area contributed by atoms with E-state index in [2.05, 4.69) is 10.2 Å². The molecule has 0 aliphatic carbocycles. The molecule has 1 fully saturated rings. The molecule has 1 aliphatic heterocycles. The lowest BCUT2D eigenvalue weighted by Crippen LogP contribution is -2.10.